The number of carbonyl (C=O) groups is 1. The van der Waals surface area contributed by atoms with Crippen LogP contribution in [0.5, 0.6) is 0 Å². The van der Waals surface area contributed by atoms with E-state index in [1.165, 1.54) is 12.1 Å². The van der Waals surface area contributed by atoms with E-state index < -0.39 is 5.41 Å². The summed E-state index contributed by atoms with van der Waals surface area (Å²) in [7, 11) is 0. The van der Waals surface area contributed by atoms with Gasteiger partial charge in [-0.25, -0.2) is 9.37 Å². The van der Waals surface area contributed by atoms with Crippen LogP contribution in [-0.2, 0) is 11.3 Å². The van der Waals surface area contributed by atoms with E-state index in [1.807, 2.05) is 11.0 Å². The zero-order valence-electron chi connectivity index (χ0n) is 17.1. The molecule has 2 aromatic carbocycles. The lowest BCUT2D eigenvalue weighted by Crippen LogP contribution is -2.29. The number of halogens is 1. The van der Waals surface area contributed by atoms with Crippen LogP contribution in [0.25, 0.3) is 10.9 Å². The number of rotatable bonds is 5. The second kappa shape index (κ2) is 8.37. The molecule has 6 nitrogen and oxygen atoms in total. The molecule has 3 rings (SSSR count). The number of hydrogen-bond acceptors (Lipinski definition) is 4. The Morgan fingerprint density at radius 2 is 1.93 bits per heavy atom. The maximum atomic E-state index is 13.2. The van der Waals surface area contributed by atoms with Gasteiger partial charge in [-0.1, -0.05) is 32.8 Å². The van der Waals surface area contributed by atoms with Gasteiger partial charge in [-0.05, 0) is 42.0 Å². The SMILES string of the molecule is C#CCN(Cc1ccc2nc(NC(=O)C(C)(C)C)[nH]c(=O)c2c1)c1ccc(F)cc1. The number of nitrogens with one attached hydrogen (secondary N) is 2. The van der Waals surface area contributed by atoms with Crippen LogP contribution in [0, 0.1) is 23.6 Å². The molecule has 0 saturated heterocycles. The molecular formula is C23H23FN4O2. The van der Waals surface area contributed by atoms with Crippen molar-refractivity contribution in [2.24, 2.45) is 5.41 Å². The first-order chi connectivity index (χ1) is 14.2. The quantitative estimate of drug-likeness (QED) is 0.634. The van der Waals surface area contributed by atoms with Gasteiger partial charge in [-0.2, -0.15) is 0 Å². The van der Waals surface area contributed by atoms with Crippen LogP contribution in [0.15, 0.2) is 47.3 Å². The molecule has 0 radical (unpaired) electrons. The van der Waals surface area contributed by atoms with E-state index in [4.69, 9.17) is 6.42 Å². The molecule has 3 aromatic rings. The zero-order valence-corrected chi connectivity index (χ0v) is 17.1. The topological polar surface area (TPSA) is 78.1 Å². The number of hydrogen-bond donors (Lipinski definition) is 2. The molecule has 0 saturated carbocycles. The Morgan fingerprint density at radius 1 is 1.23 bits per heavy atom. The number of anilines is 2. The van der Waals surface area contributed by atoms with E-state index in [2.05, 4.69) is 21.2 Å². The Bertz CT molecular complexity index is 1170. The van der Waals surface area contributed by atoms with Gasteiger partial charge >= 0.3 is 0 Å². The zero-order chi connectivity index (χ0) is 21.9. The van der Waals surface area contributed by atoms with Crippen molar-refractivity contribution in [2.75, 3.05) is 16.8 Å². The highest BCUT2D eigenvalue weighted by atomic mass is 19.1. The average Bonchev–Trinajstić information content (AvgIpc) is 2.68. The molecule has 0 bridgehead atoms. The summed E-state index contributed by atoms with van der Waals surface area (Å²) in [4.78, 5) is 33.6. The lowest BCUT2D eigenvalue weighted by Gasteiger charge is -2.22. The standard InChI is InChI=1S/C23H23FN4O2/c1-5-12-28(17-9-7-16(24)8-10-17)14-15-6-11-19-18(13-15)20(29)26-22(25-19)27-21(30)23(2,3)4/h1,6-11,13H,12,14H2,2-4H3,(H2,25,26,27,29,30). The monoisotopic (exact) mass is 406 g/mol. The highest BCUT2D eigenvalue weighted by Crippen LogP contribution is 2.20. The fourth-order valence-electron chi connectivity index (χ4n) is 2.86. The van der Waals surface area contributed by atoms with E-state index in [1.54, 1.807) is 45.0 Å². The van der Waals surface area contributed by atoms with Crippen LogP contribution in [0.2, 0.25) is 0 Å². The lowest BCUT2D eigenvalue weighted by atomic mass is 9.96. The fraction of sp³-hybridized carbons (Fsp3) is 0.261. The molecule has 0 fully saturated rings. The molecule has 2 N–H and O–H groups in total. The van der Waals surface area contributed by atoms with Crippen molar-refractivity contribution in [3.8, 4) is 12.3 Å². The van der Waals surface area contributed by atoms with Gasteiger partial charge in [0, 0.05) is 17.6 Å². The minimum Gasteiger partial charge on any atom is -0.356 e. The summed E-state index contributed by atoms with van der Waals surface area (Å²) in [6.45, 7) is 6.09. The van der Waals surface area contributed by atoms with Gasteiger partial charge in [-0.15, -0.1) is 6.42 Å². The molecule has 0 aliphatic rings. The van der Waals surface area contributed by atoms with E-state index >= 15 is 0 Å². The Balaban J connectivity index is 1.89. The Morgan fingerprint density at radius 3 is 2.57 bits per heavy atom. The van der Waals surface area contributed by atoms with Crippen molar-refractivity contribution in [2.45, 2.75) is 27.3 Å². The van der Waals surface area contributed by atoms with Crippen molar-refractivity contribution >= 4 is 28.4 Å². The number of terminal acetylenes is 1. The van der Waals surface area contributed by atoms with E-state index in [-0.39, 0.29) is 23.2 Å². The van der Waals surface area contributed by atoms with Crippen LogP contribution in [0.1, 0.15) is 26.3 Å². The summed E-state index contributed by atoms with van der Waals surface area (Å²) >= 11 is 0. The van der Waals surface area contributed by atoms with Crippen LogP contribution >= 0.6 is 0 Å². The third-order valence-corrected chi connectivity index (χ3v) is 4.53. The fourth-order valence-corrected chi connectivity index (χ4v) is 2.86. The normalized spacial score (nSPS) is 11.2. The molecule has 1 amide bonds. The molecular weight excluding hydrogens is 383 g/mol. The summed E-state index contributed by atoms with van der Waals surface area (Å²) in [6, 6.07) is 11.4. The van der Waals surface area contributed by atoms with Crippen LogP contribution in [0.3, 0.4) is 0 Å². The molecule has 0 aliphatic heterocycles. The second-order valence-corrected chi connectivity index (χ2v) is 8.01. The number of aromatic amines is 1. The molecule has 0 atom stereocenters. The second-order valence-electron chi connectivity index (χ2n) is 8.01. The van der Waals surface area contributed by atoms with Crippen molar-refractivity contribution in [1.82, 2.24) is 9.97 Å². The number of carbonyl (C=O) groups excluding carboxylic acids is 1. The number of H-pyrrole nitrogens is 1. The van der Waals surface area contributed by atoms with Crippen LogP contribution in [-0.4, -0.2) is 22.4 Å². The molecule has 154 valence electrons. The van der Waals surface area contributed by atoms with Crippen molar-refractivity contribution in [3.05, 3.63) is 64.2 Å². The molecule has 0 unspecified atom stereocenters. The number of fused-ring (bicyclic) bond motifs is 1. The Labute approximate surface area is 174 Å². The van der Waals surface area contributed by atoms with E-state index in [9.17, 15) is 14.0 Å². The summed E-state index contributed by atoms with van der Waals surface area (Å²) in [6.07, 6.45) is 5.49. The van der Waals surface area contributed by atoms with Gasteiger partial charge in [-0.3, -0.25) is 19.9 Å². The maximum Gasteiger partial charge on any atom is 0.260 e. The predicted octanol–water partition coefficient (Wildman–Crippen LogP) is 3.69. The molecule has 1 heterocycles. The van der Waals surface area contributed by atoms with Crippen molar-refractivity contribution in [3.63, 3.8) is 0 Å². The molecule has 7 heteroatoms. The minimum atomic E-state index is -0.613. The highest BCUT2D eigenvalue weighted by molar-refractivity contribution is 5.93. The Hall–Kier alpha value is -3.66. The summed E-state index contributed by atoms with van der Waals surface area (Å²) in [5.41, 5.74) is 1.13. The average molecular weight is 406 g/mol. The predicted molar refractivity (Wildman–Crippen MR) is 117 cm³/mol. The van der Waals surface area contributed by atoms with Crippen LogP contribution in [0.4, 0.5) is 16.0 Å². The van der Waals surface area contributed by atoms with Gasteiger partial charge in [0.25, 0.3) is 5.56 Å². The molecule has 0 spiro atoms. The summed E-state index contributed by atoms with van der Waals surface area (Å²) in [5, 5.41) is 3.04. The van der Waals surface area contributed by atoms with Crippen molar-refractivity contribution in [1.29, 1.82) is 0 Å². The molecule has 1 aromatic heterocycles. The van der Waals surface area contributed by atoms with Gasteiger partial charge in [0.1, 0.15) is 5.82 Å². The first-order valence-electron chi connectivity index (χ1n) is 9.46. The number of aromatic nitrogens is 2. The van der Waals surface area contributed by atoms with Gasteiger partial charge in [0.15, 0.2) is 0 Å². The summed E-state index contributed by atoms with van der Waals surface area (Å²) < 4.78 is 13.2. The Kier molecular flexibility index (Phi) is 5.88. The minimum absolute atomic E-state index is 0.112. The highest BCUT2D eigenvalue weighted by Gasteiger charge is 2.22. The molecule has 0 aliphatic carbocycles. The van der Waals surface area contributed by atoms with E-state index in [0.717, 1.165) is 11.3 Å². The third-order valence-electron chi connectivity index (χ3n) is 4.53. The first-order valence-corrected chi connectivity index (χ1v) is 9.46. The third kappa shape index (κ3) is 4.84. The van der Waals surface area contributed by atoms with Gasteiger partial charge in [0.05, 0.1) is 17.4 Å². The maximum absolute atomic E-state index is 13.2. The van der Waals surface area contributed by atoms with Gasteiger partial charge in [0.2, 0.25) is 11.9 Å². The number of benzene rings is 2. The smallest absolute Gasteiger partial charge is 0.260 e. The van der Waals surface area contributed by atoms with Crippen LogP contribution < -0.4 is 15.8 Å². The van der Waals surface area contributed by atoms with E-state index in [0.29, 0.717) is 24.0 Å². The van der Waals surface area contributed by atoms with Gasteiger partial charge < -0.3 is 4.90 Å². The number of nitrogens with zero attached hydrogens (tertiary/aromatic N) is 2. The first kappa shape index (κ1) is 21.1. The summed E-state index contributed by atoms with van der Waals surface area (Å²) in [5.74, 6) is 2.14. The molecule has 30 heavy (non-hydrogen) atoms. The van der Waals surface area contributed by atoms with Crippen molar-refractivity contribution < 1.29 is 9.18 Å². The largest absolute Gasteiger partial charge is 0.356 e. The lowest BCUT2D eigenvalue weighted by molar-refractivity contribution is -0.123. The number of amides is 1.